The summed E-state index contributed by atoms with van der Waals surface area (Å²) in [7, 11) is 0. The first kappa shape index (κ1) is 14.1. The number of rotatable bonds is 6. The number of aliphatic hydroxyl groups excluding tert-OH is 1. The van der Waals surface area contributed by atoms with Gasteiger partial charge in [0.25, 0.3) is 0 Å². The van der Waals surface area contributed by atoms with Crippen molar-refractivity contribution < 1.29 is 14.4 Å². The van der Waals surface area contributed by atoms with Crippen LogP contribution < -0.4 is 5.73 Å². The van der Waals surface area contributed by atoms with E-state index >= 15 is 0 Å². The minimum absolute atomic E-state index is 0.210. The highest BCUT2D eigenvalue weighted by molar-refractivity contribution is 4.97. The van der Waals surface area contributed by atoms with Gasteiger partial charge in [-0.05, 0) is 19.8 Å². The van der Waals surface area contributed by atoms with E-state index in [0.29, 0.717) is 12.4 Å². The number of nitrogens with zero attached hydrogens (tertiary/aromatic N) is 2. The second kappa shape index (κ2) is 6.09. The number of hydrogen-bond donors (Lipinski definition) is 2. The maximum atomic E-state index is 9.35. The van der Waals surface area contributed by atoms with Crippen LogP contribution in [0.15, 0.2) is 4.52 Å². The lowest BCUT2D eigenvalue weighted by atomic mass is 10.1. The molecule has 1 aromatic heterocycles. The maximum absolute atomic E-state index is 9.35. The Morgan fingerprint density at radius 3 is 2.53 bits per heavy atom. The van der Waals surface area contributed by atoms with Crippen molar-refractivity contribution in [2.24, 2.45) is 11.7 Å². The molecule has 1 aromatic rings. The van der Waals surface area contributed by atoms with E-state index in [0.717, 1.165) is 0 Å². The van der Waals surface area contributed by atoms with Crippen LogP contribution in [0.1, 0.15) is 51.6 Å². The summed E-state index contributed by atoms with van der Waals surface area (Å²) < 4.78 is 10.6. The molecule has 0 fully saturated rings. The molecule has 1 unspecified atom stereocenters. The van der Waals surface area contributed by atoms with Crippen LogP contribution in [0.4, 0.5) is 0 Å². The van der Waals surface area contributed by atoms with Gasteiger partial charge >= 0.3 is 0 Å². The van der Waals surface area contributed by atoms with Gasteiger partial charge in [-0.3, -0.25) is 0 Å². The van der Waals surface area contributed by atoms with Crippen LogP contribution >= 0.6 is 0 Å². The van der Waals surface area contributed by atoms with Crippen LogP contribution in [-0.4, -0.2) is 28.0 Å². The summed E-state index contributed by atoms with van der Waals surface area (Å²) in [6, 6.07) is -0.661. The Labute approximate surface area is 101 Å². The lowest BCUT2D eigenvalue weighted by Gasteiger charge is -2.16. The fourth-order valence-corrected chi connectivity index (χ4v) is 1.45. The van der Waals surface area contributed by atoms with Crippen LogP contribution in [0.3, 0.4) is 0 Å². The zero-order chi connectivity index (χ0) is 13.0. The SMILES string of the molecule is CCOC(c1noc([C@@H](N)[C@@H](C)O)n1)C(C)C. The highest BCUT2D eigenvalue weighted by atomic mass is 16.5. The van der Waals surface area contributed by atoms with Gasteiger partial charge in [-0.25, -0.2) is 0 Å². The number of ether oxygens (including phenoxy) is 1. The van der Waals surface area contributed by atoms with E-state index in [-0.39, 0.29) is 17.9 Å². The summed E-state index contributed by atoms with van der Waals surface area (Å²) in [4.78, 5) is 4.18. The molecule has 98 valence electrons. The lowest BCUT2D eigenvalue weighted by molar-refractivity contribution is 0.0217. The molecule has 1 heterocycles. The van der Waals surface area contributed by atoms with Crippen molar-refractivity contribution in [1.82, 2.24) is 10.1 Å². The van der Waals surface area contributed by atoms with Gasteiger partial charge in [-0.15, -0.1) is 0 Å². The number of hydrogen-bond acceptors (Lipinski definition) is 6. The molecule has 0 aliphatic rings. The maximum Gasteiger partial charge on any atom is 0.246 e. The van der Waals surface area contributed by atoms with Crippen molar-refractivity contribution in [3.63, 3.8) is 0 Å². The van der Waals surface area contributed by atoms with E-state index in [1.54, 1.807) is 6.92 Å². The number of aromatic nitrogens is 2. The summed E-state index contributed by atoms with van der Waals surface area (Å²) in [5.41, 5.74) is 5.71. The van der Waals surface area contributed by atoms with Gasteiger partial charge in [0.15, 0.2) is 0 Å². The minimum atomic E-state index is -0.729. The van der Waals surface area contributed by atoms with E-state index in [9.17, 15) is 5.11 Å². The summed E-state index contributed by atoms with van der Waals surface area (Å²) in [5.74, 6) is 0.955. The van der Waals surface area contributed by atoms with Crippen molar-refractivity contribution in [3.05, 3.63) is 11.7 Å². The largest absolute Gasteiger partial charge is 0.391 e. The topological polar surface area (TPSA) is 94.4 Å². The first-order valence-corrected chi connectivity index (χ1v) is 5.86. The fraction of sp³-hybridized carbons (Fsp3) is 0.818. The van der Waals surface area contributed by atoms with Crippen molar-refractivity contribution in [1.29, 1.82) is 0 Å². The van der Waals surface area contributed by atoms with Crippen molar-refractivity contribution in [2.75, 3.05) is 6.61 Å². The zero-order valence-corrected chi connectivity index (χ0v) is 10.8. The third kappa shape index (κ3) is 3.49. The van der Waals surface area contributed by atoms with Crippen molar-refractivity contribution in [2.45, 2.75) is 45.9 Å². The Morgan fingerprint density at radius 2 is 2.06 bits per heavy atom. The van der Waals surface area contributed by atoms with Crippen LogP contribution in [0.2, 0.25) is 0 Å². The summed E-state index contributed by atoms with van der Waals surface area (Å²) in [5, 5.41) is 13.2. The molecule has 0 amide bonds. The standard InChI is InChI=1S/C11H21N3O3/c1-5-16-9(6(2)3)10-13-11(17-14-10)8(12)7(4)15/h6-9,15H,5,12H2,1-4H3/t7-,8+,9?/m1/s1. The van der Waals surface area contributed by atoms with Gasteiger partial charge in [-0.2, -0.15) is 4.98 Å². The Kier molecular flexibility index (Phi) is 5.04. The summed E-state index contributed by atoms with van der Waals surface area (Å²) in [6.07, 6.45) is -0.938. The van der Waals surface area contributed by atoms with Crippen molar-refractivity contribution in [3.8, 4) is 0 Å². The molecule has 0 aromatic carbocycles. The van der Waals surface area contributed by atoms with Crippen molar-refractivity contribution >= 4 is 0 Å². The van der Waals surface area contributed by atoms with Gasteiger partial charge < -0.3 is 20.1 Å². The highest BCUT2D eigenvalue weighted by Crippen LogP contribution is 2.24. The third-order valence-electron chi connectivity index (χ3n) is 2.47. The molecule has 0 saturated carbocycles. The molecule has 3 N–H and O–H groups in total. The lowest BCUT2D eigenvalue weighted by Crippen LogP contribution is -2.23. The second-order valence-corrected chi connectivity index (χ2v) is 4.38. The normalized spacial score (nSPS) is 17.1. The molecule has 0 aliphatic carbocycles. The average molecular weight is 243 g/mol. The van der Waals surface area contributed by atoms with Gasteiger partial charge in [-0.1, -0.05) is 19.0 Å². The molecule has 0 saturated heterocycles. The molecule has 6 nitrogen and oxygen atoms in total. The Balaban J connectivity index is 2.84. The first-order chi connectivity index (χ1) is 7.97. The molecule has 0 radical (unpaired) electrons. The smallest absolute Gasteiger partial charge is 0.246 e. The molecule has 6 heteroatoms. The fourth-order valence-electron chi connectivity index (χ4n) is 1.45. The van der Waals surface area contributed by atoms with E-state index in [1.165, 1.54) is 0 Å². The Morgan fingerprint density at radius 1 is 1.41 bits per heavy atom. The van der Waals surface area contributed by atoms with E-state index in [4.69, 9.17) is 15.0 Å². The second-order valence-electron chi connectivity index (χ2n) is 4.38. The predicted molar refractivity (Wildman–Crippen MR) is 62.1 cm³/mol. The van der Waals surface area contributed by atoms with Crippen LogP contribution in [0.5, 0.6) is 0 Å². The molecule has 0 bridgehead atoms. The first-order valence-electron chi connectivity index (χ1n) is 5.86. The molecule has 1 rings (SSSR count). The summed E-state index contributed by atoms with van der Waals surface area (Å²) >= 11 is 0. The zero-order valence-electron chi connectivity index (χ0n) is 10.8. The minimum Gasteiger partial charge on any atom is -0.391 e. The molecular weight excluding hydrogens is 222 g/mol. The van der Waals surface area contributed by atoms with Crippen LogP contribution in [0, 0.1) is 5.92 Å². The average Bonchev–Trinajstić information content (AvgIpc) is 2.73. The van der Waals surface area contributed by atoms with Crippen LogP contribution in [0.25, 0.3) is 0 Å². The summed E-state index contributed by atoms with van der Waals surface area (Å²) in [6.45, 7) is 8.11. The predicted octanol–water partition coefficient (Wildman–Crippen LogP) is 1.18. The molecule has 17 heavy (non-hydrogen) atoms. The molecule has 3 atom stereocenters. The highest BCUT2D eigenvalue weighted by Gasteiger charge is 2.25. The Hall–Kier alpha value is -0.980. The van der Waals surface area contributed by atoms with E-state index < -0.39 is 12.1 Å². The molecule has 0 aliphatic heterocycles. The van der Waals surface area contributed by atoms with Gasteiger partial charge in [0, 0.05) is 6.61 Å². The quantitative estimate of drug-likeness (QED) is 0.779. The van der Waals surface area contributed by atoms with Gasteiger partial charge in [0.2, 0.25) is 11.7 Å². The molecular formula is C11H21N3O3. The molecule has 0 spiro atoms. The van der Waals surface area contributed by atoms with Gasteiger partial charge in [0.1, 0.15) is 12.1 Å². The monoisotopic (exact) mass is 243 g/mol. The van der Waals surface area contributed by atoms with Gasteiger partial charge in [0.05, 0.1) is 6.10 Å². The van der Waals surface area contributed by atoms with E-state index in [1.807, 2.05) is 20.8 Å². The van der Waals surface area contributed by atoms with Crippen LogP contribution in [-0.2, 0) is 4.74 Å². The Bertz CT molecular complexity index is 338. The number of nitrogens with two attached hydrogens (primary N) is 1. The third-order valence-corrected chi connectivity index (χ3v) is 2.47. The van der Waals surface area contributed by atoms with E-state index in [2.05, 4.69) is 10.1 Å². The number of aliphatic hydroxyl groups is 1.